The van der Waals surface area contributed by atoms with Crippen LogP contribution in [-0.2, 0) is 6.42 Å². The van der Waals surface area contributed by atoms with E-state index in [1.165, 1.54) is 0 Å². The molecule has 0 aliphatic carbocycles. The van der Waals surface area contributed by atoms with Gasteiger partial charge in [-0.3, -0.25) is 9.69 Å². The molecule has 0 aromatic carbocycles. The van der Waals surface area contributed by atoms with E-state index in [1.807, 2.05) is 6.92 Å². The molecule has 1 N–H and O–H groups in total. The van der Waals surface area contributed by atoms with E-state index in [2.05, 4.69) is 56.5 Å². The molecule has 1 aromatic heterocycles. The van der Waals surface area contributed by atoms with Gasteiger partial charge in [0.1, 0.15) is 5.82 Å². The Hall–Kier alpha value is -0.470. The highest BCUT2D eigenvalue weighted by Crippen LogP contribution is 2.20. The molecule has 1 aliphatic rings. The average Bonchev–Trinajstić information content (AvgIpc) is 2.54. The number of rotatable bonds is 2. The largest absolute Gasteiger partial charge is 0.308 e. The summed E-state index contributed by atoms with van der Waals surface area (Å²) in [6, 6.07) is 0.169. The van der Waals surface area contributed by atoms with E-state index < -0.39 is 0 Å². The molecular weight excluding hydrogens is 355 g/mol. The van der Waals surface area contributed by atoms with Crippen molar-refractivity contribution in [1.29, 1.82) is 0 Å². The van der Waals surface area contributed by atoms with Crippen molar-refractivity contribution in [1.82, 2.24) is 19.8 Å². The minimum Gasteiger partial charge on any atom is -0.308 e. The first-order valence-corrected chi connectivity index (χ1v) is 7.78. The summed E-state index contributed by atoms with van der Waals surface area (Å²) in [5, 5.41) is 0. The van der Waals surface area contributed by atoms with Crippen LogP contribution in [-0.4, -0.2) is 53.5 Å². The van der Waals surface area contributed by atoms with E-state index in [0.29, 0.717) is 3.57 Å². The second-order valence-electron chi connectivity index (χ2n) is 5.18. The van der Waals surface area contributed by atoms with Crippen LogP contribution in [0.25, 0.3) is 0 Å². The zero-order valence-electron chi connectivity index (χ0n) is 11.7. The van der Waals surface area contributed by atoms with Crippen molar-refractivity contribution in [2.45, 2.75) is 25.8 Å². The molecule has 19 heavy (non-hydrogen) atoms. The lowest BCUT2D eigenvalue weighted by atomic mass is 10.2. The summed E-state index contributed by atoms with van der Waals surface area (Å²) >= 11 is 2.08. The van der Waals surface area contributed by atoms with Gasteiger partial charge in [-0.25, -0.2) is 4.98 Å². The molecule has 1 aromatic rings. The van der Waals surface area contributed by atoms with Gasteiger partial charge in [-0.2, -0.15) is 0 Å². The Balaban J connectivity index is 2.39. The lowest BCUT2D eigenvalue weighted by Crippen LogP contribution is -2.34. The molecule has 0 spiro atoms. The maximum absolute atomic E-state index is 12.0. The monoisotopic (exact) mass is 376 g/mol. The number of H-pyrrole nitrogens is 1. The Labute approximate surface area is 127 Å². The van der Waals surface area contributed by atoms with Crippen LogP contribution in [0.2, 0.25) is 0 Å². The van der Waals surface area contributed by atoms with Crippen molar-refractivity contribution in [3.63, 3.8) is 0 Å². The maximum Gasteiger partial charge on any atom is 0.264 e. The lowest BCUT2D eigenvalue weighted by molar-refractivity contribution is 0.219. The van der Waals surface area contributed by atoms with Crippen molar-refractivity contribution >= 4 is 22.6 Å². The van der Waals surface area contributed by atoms with Gasteiger partial charge in [0.2, 0.25) is 0 Å². The highest BCUT2D eigenvalue weighted by Gasteiger charge is 2.25. The number of nitrogens with one attached hydrogen (secondary N) is 1. The Morgan fingerprint density at radius 3 is 2.84 bits per heavy atom. The van der Waals surface area contributed by atoms with Crippen molar-refractivity contribution in [3.8, 4) is 0 Å². The molecule has 1 aliphatic heterocycles. The Morgan fingerprint density at radius 1 is 1.42 bits per heavy atom. The van der Waals surface area contributed by atoms with Crippen molar-refractivity contribution in [2.24, 2.45) is 0 Å². The van der Waals surface area contributed by atoms with E-state index in [1.54, 1.807) is 0 Å². The van der Waals surface area contributed by atoms with E-state index in [0.717, 1.165) is 44.0 Å². The smallest absolute Gasteiger partial charge is 0.264 e. The number of nitrogens with zero attached hydrogens (tertiary/aromatic N) is 3. The molecule has 2 rings (SSSR count). The first-order valence-electron chi connectivity index (χ1n) is 6.70. The van der Waals surface area contributed by atoms with Gasteiger partial charge in [0.25, 0.3) is 5.56 Å². The predicted molar refractivity (Wildman–Crippen MR) is 84.4 cm³/mol. The molecule has 1 fully saturated rings. The minimum atomic E-state index is -0.0113. The molecular formula is C13H21IN4O. The van der Waals surface area contributed by atoms with Gasteiger partial charge in [0.05, 0.1) is 15.3 Å². The normalized spacial score (nSPS) is 22.4. The maximum atomic E-state index is 12.0. The quantitative estimate of drug-likeness (QED) is 0.790. The summed E-state index contributed by atoms with van der Waals surface area (Å²) < 4.78 is 0.716. The van der Waals surface area contributed by atoms with Crippen LogP contribution in [0.15, 0.2) is 4.79 Å². The Morgan fingerprint density at radius 2 is 2.16 bits per heavy atom. The van der Waals surface area contributed by atoms with Crippen molar-refractivity contribution < 1.29 is 0 Å². The summed E-state index contributed by atoms with van der Waals surface area (Å²) in [6.45, 7) is 5.07. The third kappa shape index (κ3) is 3.35. The molecule has 1 atom stereocenters. The zero-order chi connectivity index (χ0) is 14.0. The Kier molecular flexibility index (Phi) is 4.97. The van der Waals surface area contributed by atoms with Crippen LogP contribution in [0.5, 0.6) is 0 Å². The second-order valence-corrected chi connectivity index (χ2v) is 6.26. The molecule has 1 saturated heterocycles. The number of hydrogen-bond acceptors (Lipinski definition) is 4. The first-order chi connectivity index (χ1) is 9.02. The summed E-state index contributed by atoms with van der Waals surface area (Å²) in [6.07, 6.45) is 1.94. The Bertz CT molecular complexity index is 502. The lowest BCUT2D eigenvalue weighted by Gasteiger charge is -2.26. The van der Waals surface area contributed by atoms with E-state index in [-0.39, 0.29) is 11.6 Å². The molecule has 5 nitrogen and oxygen atoms in total. The molecule has 106 valence electrons. The summed E-state index contributed by atoms with van der Waals surface area (Å²) in [4.78, 5) is 24.2. The SMILES string of the molecule is CCc1nc(C2CN(C)CCCN2C)[nH]c(=O)c1I. The van der Waals surface area contributed by atoms with E-state index >= 15 is 0 Å². The van der Waals surface area contributed by atoms with Crippen LogP contribution in [0.3, 0.4) is 0 Å². The molecule has 0 amide bonds. The number of halogens is 1. The molecule has 2 heterocycles. The third-order valence-corrected chi connectivity index (χ3v) is 4.78. The number of aromatic nitrogens is 2. The van der Waals surface area contributed by atoms with Crippen LogP contribution in [0.1, 0.15) is 30.9 Å². The summed E-state index contributed by atoms with van der Waals surface area (Å²) in [5.41, 5.74) is 0.891. The summed E-state index contributed by atoms with van der Waals surface area (Å²) in [7, 11) is 4.23. The van der Waals surface area contributed by atoms with Crippen LogP contribution in [0.4, 0.5) is 0 Å². The fourth-order valence-corrected chi connectivity index (χ4v) is 3.12. The molecule has 0 saturated carbocycles. The van der Waals surface area contributed by atoms with Crippen LogP contribution >= 0.6 is 22.6 Å². The number of likely N-dealkylation sites (N-methyl/N-ethyl adjacent to an activating group) is 2. The third-order valence-electron chi connectivity index (χ3n) is 3.67. The van der Waals surface area contributed by atoms with Crippen LogP contribution < -0.4 is 5.56 Å². The fraction of sp³-hybridized carbons (Fsp3) is 0.692. The average molecular weight is 376 g/mol. The summed E-state index contributed by atoms with van der Waals surface area (Å²) in [5.74, 6) is 0.804. The highest BCUT2D eigenvalue weighted by atomic mass is 127. The fourth-order valence-electron chi connectivity index (χ4n) is 2.48. The van der Waals surface area contributed by atoms with Gasteiger partial charge >= 0.3 is 0 Å². The first kappa shape index (κ1) is 14.9. The minimum absolute atomic E-state index is 0.0113. The number of hydrogen-bond donors (Lipinski definition) is 1. The van der Waals surface area contributed by atoms with Crippen molar-refractivity contribution in [2.75, 3.05) is 33.7 Å². The van der Waals surface area contributed by atoms with Gasteiger partial charge in [-0.1, -0.05) is 6.92 Å². The molecule has 6 heteroatoms. The van der Waals surface area contributed by atoms with Gasteiger partial charge in [0, 0.05) is 6.54 Å². The molecule has 1 unspecified atom stereocenters. The van der Waals surface area contributed by atoms with Gasteiger partial charge in [0.15, 0.2) is 0 Å². The number of aromatic amines is 1. The van der Waals surface area contributed by atoms with E-state index in [9.17, 15) is 4.79 Å². The van der Waals surface area contributed by atoms with Crippen molar-refractivity contribution in [3.05, 3.63) is 25.4 Å². The zero-order valence-corrected chi connectivity index (χ0v) is 13.9. The number of aryl methyl sites for hydroxylation is 1. The highest BCUT2D eigenvalue weighted by molar-refractivity contribution is 14.1. The van der Waals surface area contributed by atoms with Gasteiger partial charge in [-0.15, -0.1) is 0 Å². The topological polar surface area (TPSA) is 52.2 Å². The molecule has 0 bridgehead atoms. The van der Waals surface area contributed by atoms with Gasteiger partial charge in [-0.05, 0) is 62.6 Å². The van der Waals surface area contributed by atoms with Crippen LogP contribution in [0, 0.1) is 3.57 Å². The predicted octanol–water partition coefficient (Wildman–Crippen LogP) is 1.25. The second kappa shape index (κ2) is 6.32. The molecule has 0 radical (unpaired) electrons. The van der Waals surface area contributed by atoms with Gasteiger partial charge < -0.3 is 9.88 Å². The van der Waals surface area contributed by atoms with E-state index in [4.69, 9.17) is 0 Å². The standard InChI is InChI=1S/C13H21IN4O/c1-4-9-11(14)13(19)16-12(15-9)10-8-17(2)6-5-7-18(10)3/h10H,4-8H2,1-3H3,(H,15,16,19).